The number of alkyl carbamates (subject to hydrolysis) is 1. The average molecular weight is 255 g/mol. The number of nitrogens with one attached hydrogen (secondary N) is 1. The molecule has 1 aliphatic heterocycles. The first-order valence-corrected chi connectivity index (χ1v) is 4.21. The molecule has 1 aliphatic rings. The van der Waals surface area contributed by atoms with Crippen molar-refractivity contribution < 1.29 is 14.3 Å². The molecule has 0 bridgehead atoms. The predicted molar refractivity (Wildman–Crippen MR) is 41.9 cm³/mol. The summed E-state index contributed by atoms with van der Waals surface area (Å²) in [6, 6.07) is 0. The topological polar surface area (TPSA) is 55.4 Å². The smallest absolute Gasteiger partial charge is 0.415 e. The van der Waals surface area contributed by atoms with E-state index in [1.165, 1.54) is 0 Å². The molecule has 0 radical (unpaired) electrons. The number of amides is 2. The summed E-state index contributed by atoms with van der Waals surface area (Å²) < 4.78 is 5.18. The van der Waals surface area contributed by atoms with Gasteiger partial charge in [-0.1, -0.05) is 22.6 Å². The third kappa shape index (κ3) is 1.09. The largest absolute Gasteiger partial charge is 0.432 e. The molecule has 10 heavy (non-hydrogen) atoms. The maximum Gasteiger partial charge on any atom is 0.415 e. The first-order chi connectivity index (χ1) is 4.58. The molecule has 1 saturated heterocycles. The van der Waals surface area contributed by atoms with Crippen molar-refractivity contribution in [2.24, 2.45) is 0 Å². The number of carbonyl (C=O) groups is 2. The summed E-state index contributed by atoms with van der Waals surface area (Å²) in [6.07, 6.45) is -0.649. The molecule has 0 saturated carbocycles. The van der Waals surface area contributed by atoms with Gasteiger partial charge in [0.15, 0.2) is 5.60 Å². The molecule has 5 heteroatoms. The van der Waals surface area contributed by atoms with E-state index >= 15 is 0 Å². The van der Waals surface area contributed by atoms with Crippen LogP contribution in [-0.4, -0.2) is 22.0 Å². The Balaban J connectivity index is 2.80. The number of alkyl halides is 1. The van der Waals surface area contributed by atoms with E-state index in [1.54, 1.807) is 6.92 Å². The molecule has 1 rings (SSSR count). The molecule has 1 atom stereocenters. The van der Waals surface area contributed by atoms with E-state index in [2.05, 4.69) is 5.32 Å². The lowest BCUT2D eigenvalue weighted by Crippen LogP contribution is -2.37. The molecule has 1 unspecified atom stereocenters. The molecule has 0 aliphatic carbocycles. The Labute approximate surface area is 71.4 Å². The fourth-order valence-corrected chi connectivity index (χ4v) is 1.09. The van der Waals surface area contributed by atoms with Gasteiger partial charge >= 0.3 is 6.09 Å². The minimum atomic E-state index is -0.947. The van der Waals surface area contributed by atoms with Crippen LogP contribution < -0.4 is 5.32 Å². The molecule has 0 aromatic heterocycles. The number of rotatable bonds is 1. The Morgan fingerprint density at radius 2 is 2.30 bits per heavy atom. The van der Waals surface area contributed by atoms with Crippen molar-refractivity contribution in [1.29, 1.82) is 0 Å². The zero-order chi connectivity index (χ0) is 7.78. The third-order valence-corrected chi connectivity index (χ3v) is 2.72. The van der Waals surface area contributed by atoms with Gasteiger partial charge in [0.2, 0.25) is 0 Å². The lowest BCUT2D eigenvalue weighted by Gasteiger charge is -2.13. The van der Waals surface area contributed by atoms with E-state index in [0.717, 1.165) is 0 Å². The fourth-order valence-electron chi connectivity index (χ4n) is 0.589. The highest BCUT2D eigenvalue weighted by molar-refractivity contribution is 14.1. The van der Waals surface area contributed by atoms with Crippen molar-refractivity contribution in [1.82, 2.24) is 5.32 Å². The number of hydrogen-bond acceptors (Lipinski definition) is 3. The van der Waals surface area contributed by atoms with E-state index in [1.807, 2.05) is 22.6 Å². The normalized spacial score (nSPS) is 31.8. The molecule has 0 aromatic rings. The summed E-state index contributed by atoms with van der Waals surface area (Å²) in [7, 11) is 0. The first kappa shape index (κ1) is 7.77. The fraction of sp³-hybridized carbons (Fsp3) is 0.600. The average Bonchev–Trinajstić information content (AvgIpc) is 2.09. The summed E-state index contributed by atoms with van der Waals surface area (Å²) in [4.78, 5) is 21.3. The standard InChI is InChI=1S/C5H6INO3/c1-5(2-6)3(8)7-4(9)10-5/h2H2,1H3,(H,7,8,9). The number of halogens is 1. The van der Waals surface area contributed by atoms with Crippen LogP contribution in [0.25, 0.3) is 0 Å². The molecule has 56 valence electrons. The monoisotopic (exact) mass is 255 g/mol. The molecule has 0 spiro atoms. The van der Waals surface area contributed by atoms with Gasteiger partial charge in [-0.15, -0.1) is 0 Å². The van der Waals surface area contributed by atoms with Crippen LogP contribution in [-0.2, 0) is 9.53 Å². The van der Waals surface area contributed by atoms with Gasteiger partial charge in [-0.3, -0.25) is 10.1 Å². The minimum Gasteiger partial charge on any atom is -0.432 e. The number of ether oxygens (including phenoxy) is 1. The van der Waals surface area contributed by atoms with E-state index in [-0.39, 0.29) is 5.91 Å². The van der Waals surface area contributed by atoms with Crippen LogP contribution in [0.2, 0.25) is 0 Å². The quantitative estimate of drug-likeness (QED) is 0.546. The van der Waals surface area contributed by atoms with Gasteiger partial charge in [-0.05, 0) is 6.92 Å². The van der Waals surface area contributed by atoms with Gasteiger partial charge in [0.25, 0.3) is 5.91 Å². The van der Waals surface area contributed by atoms with Gasteiger partial charge in [0.05, 0.1) is 0 Å². The van der Waals surface area contributed by atoms with Crippen LogP contribution >= 0.6 is 22.6 Å². The van der Waals surface area contributed by atoms with Gasteiger partial charge in [0, 0.05) is 4.43 Å². The van der Waals surface area contributed by atoms with Crippen molar-refractivity contribution in [3.63, 3.8) is 0 Å². The summed E-state index contributed by atoms with van der Waals surface area (Å²) in [6.45, 7) is 1.58. The molecular weight excluding hydrogens is 249 g/mol. The van der Waals surface area contributed by atoms with E-state index < -0.39 is 11.7 Å². The van der Waals surface area contributed by atoms with Crippen LogP contribution in [0.3, 0.4) is 0 Å². The second kappa shape index (κ2) is 2.37. The molecule has 4 nitrogen and oxygen atoms in total. The Morgan fingerprint density at radius 3 is 2.50 bits per heavy atom. The second-order valence-corrected chi connectivity index (χ2v) is 2.97. The van der Waals surface area contributed by atoms with Crippen molar-refractivity contribution in [2.75, 3.05) is 4.43 Å². The van der Waals surface area contributed by atoms with Crippen LogP contribution in [0.1, 0.15) is 6.92 Å². The van der Waals surface area contributed by atoms with Crippen molar-refractivity contribution in [3.05, 3.63) is 0 Å². The minimum absolute atomic E-state index is 0.355. The Bertz CT molecular complexity index is 193. The molecule has 1 fully saturated rings. The summed E-state index contributed by atoms with van der Waals surface area (Å²) in [5, 5.41) is 2.05. The summed E-state index contributed by atoms with van der Waals surface area (Å²) >= 11 is 1.99. The lowest BCUT2D eigenvalue weighted by molar-refractivity contribution is -0.128. The van der Waals surface area contributed by atoms with Gasteiger partial charge < -0.3 is 4.74 Å². The maximum absolute atomic E-state index is 10.9. The van der Waals surface area contributed by atoms with Crippen molar-refractivity contribution in [2.45, 2.75) is 12.5 Å². The zero-order valence-electron chi connectivity index (χ0n) is 5.31. The molecular formula is C5H6INO3. The van der Waals surface area contributed by atoms with Crippen LogP contribution in [0.15, 0.2) is 0 Å². The SMILES string of the molecule is CC1(CI)OC(=O)NC1=O. The summed E-state index contributed by atoms with van der Waals surface area (Å²) in [5.41, 5.74) is -0.947. The Morgan fingerprint density at radius 1 is 1.70 bits per heavy atom. The van der Waals surface area contributed by atoms with Crippen LogP contribution in [0.5, 0.6) is 0 Å². The molecule has 1 heterocycles. The number of carbonyl (C=O) groups excluding carboxylic acids is 2. The Kier molecular flexibility index (Phi) is 1.84. The van der Waals surface area contributed by atoms with Gasteiger partial charge in [0.1, 0.15) is 0 Å². The number of hydrogen-bond donors (Lipinski definition) is 1. The van der Waals surface area contributed by atoms with Gasteiger partial charge in [-0.25, -0.2) is 4.79 Å². The second-order valence-electron chi connectivity index (χ2n) is 2.21. The number of imide groups is 1. The Hall–Kier alpha value is -0.330. The third-order valence-electron chi connectivity index (χ3n) is 1.27. The van der Waals surface area contributed by atoms with Gasteiger partial charge in [-0.2, -0.15) is 0 Å². The van der Waals surface area contributed by atoms with Crippen LogP contribution in [0, 0.1) is 0 Å². The summed E-state index contributed by atoms with van der Waals surface area (Å²) in [5.74, 6) is -0.355. The zero-order valence-corrected chi connectivity index (χ0v) is 7.47. The number of cyclic esters (lactones) is 1. The van der Waals surface area contributed by atoms with Crippen LogP contribution in [0.4, 0.5) is 4.79 Å². The highest BCUT2D eigenvalue weighted by Crippen LogP contribution is 2.18. The van der Waals surface area contributed by atoms with E-state index in [0.29, 0.717) is 4.43 Å². The first-order valence-electron chi connectivity index (χ1n) is 2.69. The maximum atomic E-state index is 10.9. The van der Waals surface area contributed by atoms with Crippen molar-refractivity contribution >= 4 is 34.6 Å². The highest BCUT2D eigenvalue weighted by Gasteiger charge is 2.43. The van der Waals surface area contributed by atoms with E-state index in [4.69, 9.17) is 4.74 Å². The predicted octanol–water partition coefficient (Wildman–Crippen LogP) is 0.447. The lowest BCUT2D eigenvalue weighted by atomic mass is 10.1. The van der Waals surface area contributed by atoms with Crippen molar-refractivity contribution in [3.8, 4) is 0 Å². The highest BCUT2D eigenvalue weighted by atomic mass is 127. The van der Waals surface area contributed by atoms with E-state index in [9.17, 15) is 9.59 Å². The molecule has 0 aromatic carbocycles. The molecule has 2 amide bonds. The molecule has 1 N–H and O–H groups in total.